The zero-order valence-electron chi connectivity index (χ0n) is 13.4. The largest absolute Gasteiger partial charge is 0.261 e. The van der Waals surface area contributed by atoms with Crippen LogP contribution < -0.4 is 0 Å². The third-order valence-electron chi connectivity index (χ3n) is 4.56. The van der Waals surface area contributed by atoms with Crippen molar-refractivity contribution >= 4 is 27.5 Å². The molecule has 1 aliphatic heterocycles. The van der Waals surface area contributed by atoms with Gasteiger partial charge in [-0.3, -0.25) is 5.10 Å². The summed E-state index contributed by atoms with van der Waals surface area (Å²) in [6.45, 7) is 4.03. The second-order valence-electron chi connectivity index (χ2n) is 6.17. The lowest BCUT2D eigenvalue weighted by atomic mass is 9.61. The van der Waals surface area contributed by atoms with E-state index >= 15 is 0 Å². The van der Waals surface area contributed by atoms with Gasteiger partial charge >= 0.3 is 0 Å². The van der Waals surface area contributed by atoms with E-state index in [1.807, 2.05) is 38.1 Å². The number of halogens is 1. The number of nitriles is 2. The van der Waals surface area contributed by atoms with Crippen molar-refractivity contribution in [2.75, 3.05) is 0 Å². The first-order valence-electron chi connectivity index (χ1n) is 7.70. The van der Waals surface area contributed by atoms with Gasteiger partial charge in [0.05, 0.1) is 36.1 Å². The fraction of sp³-hybridized carbons (Fsp3) is 0.333. The SMILES string of the molecule is CC(C)C1=Nc2[nH]ncc2C(CC#N)(c2ccccc2Br)C1C#N. The fourth-order valence-electron chi connectivity index (χ4n) is 3.47. The topological polar surface area (TPSA) is 88.6 Å². The Morgan fingerprint density at radius 1 is 1.29 bits per heavy atom. The lowest BCUT2D eigenvalue weighted by molar-refractivity contribution is 0.456. The van der Waals surface area contributed by atoms with E-state index in [4.69, 9.17) is 0 Å². The van der Waals surface area contributed by atoms with Crippen LogP contribution in [0.5, 0.6) is 0 Å². The zero-order chi connectivity index (χ0) is 17.3. The van der Waals surface area contributed by atoms with E-state index in [0.717, 1.165) is 21.3 Å². The maximum atomic E-state index is 10.0. The number of rotatable bonds is 3. The highest BCUT2D eigenvalue weighted by Crippen LogP contribution is 2.51. The van der Waals surface area contributed by atoms with Crippen LogP contribution in [0.25, 0.3) is 0 Å². The molecule has 24 heavy (non-hydrogen) atoms. The van der Waals surface area contributed by atoms with E-state index in [9.17, 15) is 10.5 Å². The number of aromatic amines is 1. The molecule has 0 radical (unpaired) electrons. The lowest BCUT2D eigenvalue weighted by Crippen LogP contribution is -2.44. The standard InChI is InChI=1S/C18H16BrN5/c1-11(2)16-13(9-21)18(7-8-20,12-5-3-4-6-15(12)19)14-10-22-24-17(14)23-16/h3-6,10-11,13H,7H2,1-2H3,(H,22,24). The number of fused-ring (bicyclic) bond motifs is 1. The summed E-state index contributed by atoms with van der Waals surface area (Å²) in [6, 6.07) is 12.5. The highest BCUT2D eigenvalue weighted by molar-refractivity contribution is 9.10. The van der Waals surface area contributed by atoms with Gasteiger partial charge in [0.25, 0.3) is 0 Å². The molecule has 6 heteroatoms. The van der Waals surface area contributed by atoms with Crippen LogP contribution in [0.15, 0.2) is 39.9 Å². The van der Waals surface area contributed by atoms with Crippen LogP contribution in [0, 0.1) is 34.5 Å². The molecule has 0 saturated heterocycles. The van der Waals surface area contributed by atoms with Crippen LogP contribution >= 0.6 is 15.9 Å². The number of aliphatic imine (C=N–C) groups is 1. The molecule has 5 nitrogen and oxygen atoms in total. The molecular formula is C18H16BrN5. The number of aromatic nitrogens is 2. The molecule has 1 N–H and O–H groups in total. The third-order valence-corrected chi connectivity index (χ3v) is 5.25. The van der Waals surface area contributed by atoms with Crippen LogP contribution in [0.3, 0.4) is 0 Å². The summed E-state index contributed by atoms with van der Waals surface area (Å²) in [4.78, 5) is 4.64. The zero-order valence-corrected chi connectivity index (χ0v) is 15.0. The molecule has 2 aromatic rings. The van der Waals surface area contributed by atoms with E-state index in [1.165, 1.54) is 0 Å². The highest BCUT2D eigenvalue weighted by atomic mass is 79.9. The summed E-state index contributed by atoms with van der Waals surface area (Å²) < 4.78 is 0.873. The molecule has 0 saturated carbocycles. The van der Waals surface area contributed by atoms with Gasteiger partial charge in [-0.1, -0.05) is 48.0 Å². The van der Waals surface area contributed by atoms with Crippen molar-refractivity contribution in [1.82, 2.24) is 10.2 Å². The van der Waals surface area contributed by atoms with Gasteiger partial charge in [0, 0.05) is 15.7 Å². The molecule has 3 rings (SSSR count). The number of nitrogens with zero attached hydrogens (tertiary/aromatic N) is 4. The van der Waals surface area contributed by atoms with Gasteiger partial charge in [-0.05, 0) is 17.5 Å². The van der Waals surface area contributed by atoms with Gasteiger partial charge in [0.15, 0.2) is 5.82 Å². The maximum Gasteiger partial charge on any atom is 0.151 e. The van der Waals surface area contributed by atoms with Crippen molar-refractivity contribution in [3.8, 4) is 12.1 Å². The van der Waals surface area contributed by atoms with Gasteiger partial charge in [-0.25, -0.2) is 4.99 Å². The minimum absolute atomic E-state index is 0.0895. The maximum absolute atomic E-state index is 10.0. The Balaban J connectivity index is 2.40. The Hall–Kier alpha value is -2.44. The van der Waals surface area contributed by atoms with E-state index in [-0.39, 0.29) is 12.3 Å². The van der Waals surface area contributed by atoms with Gasteiger partial charge in [-0.2, -0.15) is 15.6 Å². The van der Waals surface area contributed by atoms with Gasteiger partial charge in [0.1, 0.15) is 0 Å². The van der Waals surface area contributed by atoms with E-state index < -0.39 is 11.3 Å². The summed E-state index contributed by atoms with van der Waals surface area (Å²) in [5.74, 6) is 0.198. The summed E-state index contributed by atoms with van der Waals surface area (Å²) in [6.07, 6.45) is 1.86. The number of benzene rings is 1. The van der Waals surface area contributed by atoms with Gasteiger partial charge < -0.3 is 0 Å². The molecule has 1 aliphatic rings. The van der Waals surface area contributed by atoms with E-state index in [2.05, 4.69) is 43.3 Å². The van der Waals surface area contributed by atoms with Crippen LogP contribution in [0.4, 0.5) is 5.82 Å². The summed E-state index contributed by atoms with van der Waals surface area (Å²) in [5, 5.41) is 26.6. The molecule has 2 heterocycles. The number of H-pyrrole nitrogens is 1. The fourth-order valence-corrected chi connectivity index (χ4v) is 4.11. The minimum Gasteiger partial charge on any atom is -0.261 e. The number of hydrogen-bond donors (Lipinski definition) is 1. The third kappa shape index (κ3) is 2.26. The van der Waals surface area contributed by atoms with Crippen LogP contribution in [-0.4, -0.2) is 15.9 Å². The average Bonchev–Trinajstić information content (AvgIpc) is 3.04. The molecule has 120 valence electrons. The van der Waals surface area contributed by atoms with Crippen molar-refractivity contribution in [1.29, 1.82) is 10.5 Å². The molecule has 2 atom stereocenters. The molecule has 1 aromatic carbocycles. The van der Waals surface area contributed by atoms with Gasteiger partial charge in [-0.15, -0.1) is 0 Å². The minimum atomic E-state index is -0.798. The monoisotopic (exact) mass is 381 g/mol. The highest BCUT2D eigenvalue weighted by Gasteiger charge is 2.50. The van der Waals surface area contributed by atoms with Gasteiger partial charge in [0.2, 0.25) is 0 Å². The first-order valence-corrected chi connectivity index (χ1v) is 8.49. The molecule has 1 aromatic heterocycles. The quantitative estimate of drug-likeness (QED) is 0.861. The Kier molecular flexibility index (Phi) is 4.26. The van der Waals surface area contributed by atoms with Crippen molar-refractivity contribution < 1.29 is 0 Å². The summed E-state index contributed by atoms with van der Waals surface area (Å²) >= 11 is 3.60. The molecule has 0 spiro atoms. The summed E-state index contributed by atoms with van der Waals surface area (Å²) in [5.41, 5.74) is 1.69. The Morgan fingerprint density at radius 3 is 2.67 bits per heavy atom. The molecular weight excluding hydrogens is 366 g/mol. The van der Waals surface area contributed by atoms with Crippen LogP contribution in [0.2, 0.25) is 0 Å². The van der Waals surface area contributed by atoms with Crippen molar-refractivity contribution in [2.45, 2.75) is 25.7 Å². The molecule has 0 aliphatic carbocycles. The summed E-state index contributed by atoms with van der Waals surface area (Å²) in [7, 11) is 0. The van der Waals surface area contributed by atoms with Crippen molar-refractivity contribution in [2.24, 2.45) is 16.8 Å². The van der Waals surface area contributed by atoms with Crippen molar-refractivity contribution in [3.63, 3.8) is 0 Å². The predicted octanol–water partition coefficient (Wildman–Crippen LogP) is 4.25. The van der Waals surface area contributed by atoms with Crippen molar-refractivity contribution in [3.05, 3.63) is 46.1 Å². The Labute approximate surface area is 149 Å². The van der Waals surface area contributed by atoms with Crippen LogP contribution in [0.1, 0.15) is 31.4 Å². The first kappa shape index (κ1) is 16.4. The van der Waals surface area contributed by atoms with Crippen LogP contribution in [-0.2, 0) is 5.41 Å². The predicted molar refractivity (Wildman–Crippen MR) is 94.8 cm³/mol. The first-order chi connectivity index (χ1) is 11.6. The Bertz CT molecular complexity index is 883. The molecule has 0 amide bonds. The molecule has 0 bridgehead atoms. The average molecular weight is 382 g/mol. The molecule has 2 unspecified atom stereocenters. The van der Waals surface area contributed by atoms with E-state index in [0.29, 0.717) is 5.82 Å². The van der Waals surface area contributed by atoms with E-state index in [1.54, 1.807) is 6.20 Å². The smallest absolute Gasteiger partial charge is 0.151 e. The lowest BCUT2D eigenvalue weighted by Gasteiger charge is -2.40. The number of nitrogens with one attached hydrogen (secondary N) is 1. The second kappa shape index (κ2) is 6.22. The second-order valence-corrected chi connectivity index (χ2v) is 7.03. The normalized spacial score (nSPS) is 22.4. The Morgan fingerprint density at radius 2 is 2.04 bits per heavy atom. The molecule has 0 fully saturated rings. The number of hydrogen-bond acceptors (Lipinski definition) is 4.